The Labute approximate surface area is 173 Å². The Morgan fingerprint density at radius 3 is 2.27 bits per heavy atom. The summed E-state index contributed by atoms with van der Waals surface area (Å²) >= 11 is 0. The zero-order valence-corrected chi connectivity index (χ0v) is 16.8. The third kappa shape index (κ3) is 2.74. The van der Waals surface area contributed by atoms with Crippen molar-refractivity contribution in [2.24, 2.45) is 0 Å². The number of benzene rings is 3. The molecule has 1 aliphatic carbocycles. The van der Waals surface area contributed by atoms with Crippen LogP contribution in [0.2, 0.25) is 0 Å². The fraction of sp³-hybridized carbons (Fsp3) is 0.160. The van der Waals surface area contributed by atoms with Crippen molar-refractivity contribution in [1.82, 2.24) is 4.57 Å². The van der Waals surface area contributed by atoms with Crippen molar-refractivity contribution in [2.75, 3.05) is 14.2 Å². The molecule has 1 N–H and O–H groups in total. The van der Waals surface area contributed by atoms with Gasteiger partial charge in [0.05, 0.1) is 25.3 Å². The number of aryl methyl sites for hydroxylation is 2. The number of aromatic hydroxyl groups is 1. The molecule has 4 aromatic rings. The minimum atomic E-state index is -0.114. The van der Waals surface area contributed by atoms with Crippen molar-refractivity contribution < 1.29 is 14.6 Å². The molecule has 0 amide bonds. The molecule has 0 unspecified atom stereocenters. The second-order valence-electron chi connectivity index (χ2n) is 7.42. The highest BCUT2D eigenvalue weighted by Crippen LogP contribution is 2.39. The Hall–Kier alpha value is -3.73. The molecule has 150 valence electrons. The van der Waals surface area contributed by atoms with E-state index < -0.39 is 0 Å². The molecule has 0 radical (unpaired) electrons. The Balaban J connectivity index is 1.92. The van der Waals surface area contributed by atoms with Crippen LogP contribution in [0.1, 0.15) is 11.1 Å². The van der Waals surface area contributed by atoms with Gasteiger partial charge < -0.3 is 14.6 Å². The number of ether oxygens (including phenoxy) is 2. The van der Waals surface area contributed by atoms with Gasteiger partial charge in [0.25, 0.3) is 5.56 Å². The first-order chi connectivity index (χ1) is 14.6. The maximum absolute atomic E-state index is 13.7. The van der Waals surface area contributed by atoms with Gasteiger partial charge >= 0.3 is 0 Å². The van der Waals surface area contributed by atoms with Crippen LogP contribution in [-0.4, -0.2) is 23.9 Å². The molecule has 1 aromatic heterocycles. The van der Waals surface area contributed by atoms with Gasteiger partial charge in [-0.1, -0.05) is 6.07 Å². The van der Waals surface area contributed by atoms with E-state index in [9.17, 15) is 9.90 Å². The van der Waals surface area contributed by atoms with E-state index >= 15 is 0 Å². The third-order valence-electron chi connectivity index (χ3n) is 5.81. The summed E-state index contributed by atoms with van der Waals surface area (Å²) in [6, 6.07) is 18.4. The number of hydrogen-bond acceptors (Lipinski definition) is 4. The number of hydrogen-bond donors (Lipinski definition) is 1. The maximum Gasteiger partial charge on any atom is 0.263 e. The molecule has 5 heteroatoms. The van der Waals surface area contributed by atoms with E-state index in [1.807, 2.05) is 30.3 Å². The van der Waals surface area contributed by atoms with Crippen molar-refractivity contribution >= 4 is 10.8 Å². The van der Waals surface area contributed by atoms with Gasteiger partial charge in [-0.15, -0.1) is 0 Å². The average molecular weight is 399 g/mol. The van der Waals surface area contributed by atoms with Gasteiger partial charge in [-0.3, -0.25) is 9.36 Å². The molecule has 0 bridgehead atoms. The smallest absolute Gasteiger partial charge is 0.263 e. The number of nitrogens with zero attached hydrogens (tertiary/aromatic N) is 1. The van der Waals surface area contributed by atoms with Gasteiger partial charge in [0, 0.05) is 11.3 Å². The quantitative estimate of drug-likeness (QED) is 0.552. The molecule has 0 spiro atoms. The van der Waals surface area contributed by atoms with Crippen LogP contribution < -0.4 is 15.0 Å². The number of pyridine rings is 1. The normalized spacial score (nSPS) is 12.3. The van der Waals surface area contributed by atoms with Crippen LogP contribution in [-0.2, 0) is 12.8 Å². The number of phenols is 1. The lowest BCUT2D eigenvalue weighted by Gasteiger charge is -2.26. The monoisotopic (exact) mass is 399 g/mol. The summed E-state index contributed by atoms with van der Waals surface area (Å²) in [7, 11) is 3.26. The molecule has 0 fully saturated rings. The van der Waals surface area contributed by atoms with E-state index in [1.165, 1.54) is 0 Å². The van der Waals surface area contributed by atoms with Crippen molar-refractivity contribution in [3.05, 3.63) is 82.1 Å². The molecule has 0 atom stereocenters. The molecule has 5 nitrogen and oxygen atoms in total. The zero-order valence-electron chi connectivity index (χ0n) is 16.8. The molecule has 30 heavy (non-hydrogen) atoms. The van der Waals surface area contributed by atoms with Gasteiger partial charge in [-0.05, 0) is 84.0 Å². The Bertz CT molecular complexity index is 1340. The molecule has 0 aliphatic heterocycles. The fourth-order valence-electron chi connectivity index (χ4n) is 4.35. The summed E-state index contributed by atoms with van der Waals surface area (Å²) < 4.78 is 12.5. The van der Waals surface area contributed by atoms with E-state index in [4.69, 9.17) is 9.47 Å². The number of fused-ring (bicyclic) bond motifs is 5. The second kappa shape index (κ2) is 6.95. The van der Waals surface area contributed by atoms with E-state index in [1.54, 1.807) is 49.1 Å². The minimum Gasteiger partial charge on any atom is -0.508 e. The zero-order chi connectivity index (χ0) is 20.8. The van der Waals surface area contributed by atoms with Crippen LogP contribution in [0.3, 0.4) is 0 Å². The molecule has 3 aromatic carbocycles. The van der Waals surface area contributed by atoms with Crippen LogP contribution in [0.25, 0.3) is 27.7 Å². The lowest BCUT2D eigenvalue weighted by molar-refractivity contribution is 0.414. The molecular formula is C25H21NO4. The number of rotatable bonds is 3. The average Bonchev–Trinajstić information content (AvgIpc) is 2.79. The van der Waals surface area contributed by atoms with Crippen LogP contribution in [0.15, 0.2) is 65.5 Å². The van der Waals surface area contributed by atoms with E-state index in [0.29, 0.717) is 16.8 Å². The molecule has 0 saturated heterocycles. The summed E-state index contributed by atoms with van der Waals surface area (Å²) in [4.78, 5) is 13.7. The highest BCUT2D eigenvalue weighted by atomic mass is 16.5. The largest absolute Gasteiger partial charge is 0.508 e. The first kappa shape index (κ1) is 18.3. The summed E-state index contributed by atoms with van der Waals surface area (Å²) in [5.74, 6) is 1.62. The van der Waals surface area contributed by atoms with E-state index in [0.717, 1.165) is 46.4 Å². The summed E-state index contributed by atoms with van der Waals surface area (Å²) in [5, 5.41) is 11.3. The number of aromatic nitrogens is 1. The second-order valence-corrected chi connectivity index (χ2v) is 7.42. The van der Waals surface area contributed by atoms with Gasteiger partial charge in [-0.25, -0.2) is 0 Å². The molecule has 0 saturated carbocycles. The predicted molar refractivity (Wildman–Crippen MR) is 117 cm³/mol. The van der Waals surface area contributed by atoms with Crippen molar-refractivity contribution in [2.45, 2.75) is 12.8 Å². The van der Waals surface area contributed by atoms with Crippen molar-refractivity contribution in [3.63, 3.8) is 0 Å². The topological polar surface area (TPSA) is 60.7 Å². The lowest BCUT2D eigenvalue weighted by Crippen LogP contribution is -2.24. The van der Waals surface area contributed by atoms with Gasteiger partial charge in [0.15, 0.2) is 0 Å². The van der Waals surface area contributed by atoms with Crippen LogP contribution in [0, 0.1) is 0 Å². The summed E-state index contributed by atoms with van der Waals surface area (Å²) in [6.45, 7) is 0. The summed E-state index contributed by atoms with van der Waals surface area (Å²) in [6.07, 6.45) is 1.69. The molecular weight excluding hydrogens is 378 g/mol. The molecule has 1 aliphatic rings. The van der Waals surface area contributed by atoms with E-state index in [-0.39, 0.29) is 11.3 Å². The Morgan fingerprint density at radius 1 is 0.833 bits per heavy atom. The summed E-state index contributed by atoms with van der Waals surface area (Å²) in [5.41, 5.74) is 4.81. The lowest BCUT2D eigenvalue weighted by atomic mass is 9.85. The van der Waals surface area contributed by atoms with E-state index in [2.05, 4.69) is 0 Å². The highest BCUT2D eigenvalue weighted by Gasteiger charge is 2.25. The SMILES string of the molecule is COc1ccc2c(c1)CCc1c-2n(-c2ccc(O)cc2)c(=O)c2cc(OC)ccc12. The number of methoxy groups -OCH3 is 2. The fourth-order valence-corrected chi connectivity index (χ4v) is 4.35. The molecule has 1 heterocycles. The third-order valence-corrected chi connectivity index (χ3v) is 5.81. The van der Waals surface area contributed by atoms with Crippen LogP contribution in [0.5, 0.6) is 17.2 Å². The first-order valence-electron chi connectivity index (χ1n) is 9.83. The van der Waals surface area contributed by atoms with Gasteiger partial charge in [-0.2, -0.15) is 0 Å². The maximum atomic E-state index is 13.7. The predicted octanol–water partition coefficient (Wildman–Crippen LogP) is 4.48. The van der Waals surface area contributed by atoms with Gasteiger partial charge in [0.1, 0.15) is 17.2 Å². The standard InChI is InChI=1S/C25H21NO4/c1-29-18-8-11-20-15(13-18)3-10-22-21-12-9-19(30-2)14-23(21)25(28)26(24(20)22)16-4-6-17(27)7-5-16/h4-9,11-14,27H,3,10H2,1-2H3. The Kier molecular flexibility index (Phi) is 4.24. The minimum absolute atomic E-state index is 0.114. The molecule has 5 rings (SSSR count). The Morgan fingerprint density at radius 2 is 1.53 bits per heavy atom. The number of phenolic OH excluding ortho intramolecular Hbond substituents is 1. The van der Waals surface area contributed by atoms with Crippen molar-refractivity contribution in [1.29, 1.82) is 0 Å². The first-order valence-corrected chi connectivity index (χ1v) is 9.83. The van der Waals surface area contributed by atoms with Gasteiger partial charge in [0.2, 0.25) is 0 Å². The van der Waals surface area contributed by atoms with Crippen LogP contribution in [0.4, 0.5) is 0 Å². The van der Waals surface area contributed by atoms with Crippen molar-refractivity contribution in [3.8, 4) is 34.2 Å². The highest BCUT2D eigenvalue weighted by molar-refractivity contribution is 5.93. The van der Waals surface area contributed by atoms with Crippen LogP contribution >= 0.6 is 0 Å².